The van der Waals surface area contributed by atoms with Gasteiger partial charge in [-0.3, -0.25) is 4.90 Å². The van der Waals surface area contributed by atoms with E-state index >= 15 is 0 Å². The summed E-state index contributed by atoms with van der Waals surface area (Å²) in [4.78, 5) is 1.89. The van der Waals surface area contributed by atoms with Crippen LogP contribution in [0.3, 0.4) is 0 Å². The van der Waals surface area contributed by atoms with E-state index in [2.05, 4.69) is 5.32 Å². The van der Waals surface area contributed by atoms with Crippen LogP contribution >= 0.6 is 12.4 Å². The third-order valence-electron chi connectivity index (χ3n) is 4.91. The molecule has 0 radical (unpaired) electrons. The average molecular weight is 445 g/mol. The molecule has 2 aromatic rings. The number of rotatable bonds is 8. The van der Waals surface area contributed by atoms with Gasteiger partial charge in [-0.25, -0.2) is 0 Å². The Morgan fingerprint density at radius 2 is 1.70 bits per heavy atom. The molecule has 30 heavy (non-hydrogen) atoms. The highest BCUT2D eigenvalue weighted by atomic mass is 35.5. The highest BCUT2D eigenvalue weighted by molar-refractivity contribution is 5.85. The molecule has 1 saturated heterocycles. The number of hydrogen-bond acceptors (Lipinski definition) is 4. The van der Waals surface area contributed by atoms with Crippen molar-refractivity contribution in [3.05, 3.63) is 59.7 Å². The maximum Gasteiger partial charge on any atom is 0.390 e. The molecule has 0 aliphatic carbocycles. The summed E-state index contributed by atoms with van der Waals surface area (Å²) in [5.41, 5.74) is 1.61. The van der Waals surface area contributed by atoms with Crippen molar-refractivity contribution in [2.45, 2.75) is 32.2 Å². The molecule has 1 aliphatic rings. The second-order valence-electron chi connectivity index (χ2n) is 7.03. The van der Waals surface area contributed by atoms with Gasteiger partial charge in [0, 0.05) is 32.2 Å². The van der Waals surface area contributed by atoms with Gasteiger partial charge in [0.25, 0.3) is 0 Å². The van der Waals surface area contributed by atoms with E-state index in [0.717, 1.165) is 5.56 Å². The molecule has 8 heteroatoms. The van der Waals surface area contributed by atoms with Gasteiger partial charge in [-0.15, -0.1) is 12.4 Å². The fourth-order valence-corrected chi connectivity index (χ4v) is 3.53. The van der Waals surface area contributed by atoms with Gasteiger partial charge in [0.1, 0.15) is 6.61 Å². The van der Waals surface area contributed by atoms with E-state index in [9.17, 15) is 13.2 Å². The van der Waals surface area contributed by atoms with Crippen LogP contribution in [0.4, 0.5) is 13.2 Å². The summed E-state index contributed by atoms with van der Waals surface area (Å²) < 4.78 is 51.4. The first-order valence-electron chi connectivity index (χ1n) is 9.91. The molecule has 4 nitrogen and oxygen atoms in total. The smallest absolute Gasteiger partial charge is 0.390 e. The lowest BCUT2D eigenvalue weighted by Crippen LogP contribution is -2.46. The zero-order valence-electron chi connectivity index (χ0n) is 17.0. The van der Waals surface area contributed by atoms with Crippen LogP contribution in [0.15, 0.2) is 48.5 Å². The van der Waals surface area contributed by atoms with Crippen molar-refractivity contribution in [2.75, 3.05) is 32.8 Å². The van der Waals surface area contributed by atoms with E-state index in [0.29, 0.717) is 56.5 Å². The first-order chi connectivity index (χ1) is 14.0. The lowest BCUT2D eigenvalue weighted by molar-refractivity contribution is -0.148. The molecule has 166 valence electrons. The molecule has 3 rings (SSSR count). The predicted molar refractivity (Wildman–Crippen MR) is 113 cm³/mol. The number of alkyl halides is 3. The average Bonchev–Trinajstić information content (AvgIpc) is 2.72. The molecule has 0 bridgehead atoms. The zero-order chi connectivity index (χ0) is 20.7. The van der Waals surface area contributed by atoms with Crippen LogP contribution in [-0.4, -0.2) is 43.9 Å². The van der Waals surface area contributed by atoms with Gasteiger partial charge in [0.05, 0.1) is 13.0 Å². The molecule has 1 fully saturated rings. The van der Waals surface area contributed by atoms with Gasteiger partial charge in [-0.2, -0.15) is 13.2 Å². The van der Waals surface area contributed by atoms with Crippen LogP contribution < -0.4 is 14.8 Å². The van der Waals surface area contributed by atoms with Crippen LogP contribution in [0.2, 0.25) is 0 Å². The summed E-state index contributed by atoms with van der Waals surface area (Å²) in [6.07, 6.45) is -5.13. The van der Waals surface area contributed by atoms with E-state index in [1.165, 1.54) is 0 Å². The Bertz CT molecular complexity index is 769. The minimum absolute atomic E-state index is 0. The number of piperazine rings is 1. The maximum atomic E-state index is 13.3. The zero-order valence-corrected chi connectivity index (χ0v) is 17.8. The van der Waals surface area contributed by atoms with Crippen LogP contribution in [0, 0.1) is 0 Å². The molecule has 0 spiro atoms. The number of halogens is 4. The van der Waals surface area contributed by atoms with Crippen LogP contribution in [0.5, 0.6) is 11.5 Å². The number of nitrogens with one attached hydrogen (secondary N) is 1. The Morgan fingerprint density at radius 3 is 2.33 bits per heavy atom. The van der Waals surface area contributed by atoms with Crippen molar-refractivity contribution >= 4 is 12.4 Å². The van der Waals surface area contributed by atoms with Crippen LogP contribution in [0.1, 0.15) is 30.5 Å². The quantitative estimate of drug-likeness (QED) is 0.622. The Balaban J connectivity index is 0.00000320. The van der Waals surface area contributed by atoms with Crippen LogP contribution in [0.25, 0.3) is 0 Å². The van der Waals surface area contributed by atoms with Crippen molar-refractivity contribution in [3.8, 4) is 11.5 Å². The number of benzene rings is 2. The maximum absolute atomic E-state index is 13.3. The molecule has 1 heterocycles. The Labute approximate surface area is 181 Å². The van der Waals surface area contributed by atoms with E-state index in [-0.39, 0.29) is 12.4 Å². The lowest BCUT2D eigenvalue weighted by Gasteiger charge is -2.36. The van der Waals surface area contributed by atoms with E-state index in [1.54, 1.807) is 18.2 Å². The predicted octanol–water partition coefficient (Wildman–Crippen LogP) is 4.98. The topological polar surface area (TPSA) is 33.7 Å². The first-order valence-corrected chi connectivity index (χ1v) is 9.91. The highest BCUT2D eigenvalue weighted by Gasteiger charge is 2.36. The standard InChI is InChI=1S/C22H27F3N2O2.ClH/c1-2-28-21-14-18(8-9-20(21)29-16-17-6-4-3-5-7-17)19(15-22(23,24)25)27-12-10-26-11-13-27;/h3-9,14,19,26H,2,10-13,15-16H2,1H3;1H/t19-;/m1./s1. The van der Waals surface area contributed by atoms with Gasteiger partial charge < -0.3 is 14.8 Å². The third-order valence-corrected chi connectivity index (χ3v) is 4.91. The molecule has 0 saturated carbocycles. The summed E-state index contributed by atoms with van der Waals surface area (Å²) >= 11 is 0. The number of ether oxygens (including phenoxy) is 2. The van der Waals surface area contributed by atoms with Crippen molar-refractivity contribution in [3.63, 3.8) is 0 Å². The third kappa shape index (κ3) is 7.07. The highest BCUT2D eigenvalue weighted by Crippen LogP contribution is 2.38. The van der Waals surface area contributed by atoms with Gasteiger partial charge >= 0.3 is 6.18 Å². The molecule has 0 aromatic heterocycles. The summed E-state index contributed by atoms with van der Waals surface area (Å²) in [6, 6.07) is 14.1. The largest absolute Gasteiger partial charge is 0.490 e. The molecule has 1 atom stereocenters. The summed E-state index contributed by atoms with van der Waals surface area (Å²) in [5.74, 6) is 1.01. The van der Waals surface area contributed by atoms with E-state index < -0.39 is 18.6 Å². The SMILES string of the molecule is CCOc1cc([C@@H](CC(F)(F)F)N2CCNCC2)ccc1OCc1ccccc1.Cl. The normalized spacial score (nSPS) is 15.9. The number of nitrogens with zero attached hydrogens (tertiary/aromatic N) is 1. The molecular weight excluding hydrogens is 417 g/mol. The number of hydrogen-bond donors (Lipinski definition) is 1. The molecular formula is C22H28ClF3N2O2. The second kappa shape index (κ2) is 11.4. The lowest BCUT2D eigenvalue weighted by atomic mass is 10.00. The Hall–Kier alpha value is -1.96. The molecule has 2 aromatic carbocycles. The van der Waals surface area contributed by atoms with E-state index in [1.807, 2.05) is 42.2 Å². The molecule has 1 N–H and O–H groups in total. The molecule has 1 aliphatic heterocycles. The minimum Gasteiger partial charge on any atom is -0.490 e. The van der Waals surface area contributed by atoms with Gasteiger partial charge in [-0.1, -0.05) is 36.4 Å². The van der Waals surface area contributed by atoms with Crippen molar-refractivity contribution in [1.82, 2.24) is 10.2 Å². The van der Waals surface area contributed by atoms with Gasteiger partial charge in [0.15, 0.2) is 11.5 Å². The fourth-order valence-electron chi connectivity index (χ4n) is 3.53. The first kappa shape index (κ1) is 24.3. The van der Waals surface area contributed by atoms with Gasteiger partial charge in [-0.05, 0) is 30.2 Å². The van der Waals surface area contributed by atoms with Gasteiger partial charge in [0.2, 0.25) is 0 Å². The van der Waals surface area contributed by atoms with Crippen molar-refractivity contribution in [2.24, 2.45) is 0 Å². The van der Waals surface area contributed by atoms with Crippen molar-refractivity contribution < 1.29 is 22.6 Å². The summed E-state index contributed by atoms with van der Waals surface area (Å²) in [6.45, 7) is 5.15. The van der Waals surface area contributed by atoms with Crippen LogP contribution in [-0.2, 0) is 6.61 Å². The summed E-state index contributed by atoms with van der Waals surface area (Å²) in [5, 5.41) is 3.19. The minimum atomic E-state index is -4.25. The monoisotopic (exact) mass is 444 g/mol. The van der Waals surface area contributed by atoms with Crippen molar-refractivity contribution in [1.29, 1.82) is 0 Å². The summed E-state index contributed by atoms with van der Waals surface area (Å²) in [7, 11) is 0. The molecule has 0 unspecified atom stereocenters. The molecule has 0 amide bonds. The van der Waals surface area contributed by atoms with E-state index in [4.69, 9.17) is 9.47 Å². The Morgan fingerprint density at radius 1 is 1.00 bits per heavy atom. The Kier molecular flexibility index (Phi) is 9.27. The second-order valence-corrected chi connectivity index (χ2v) is 7.03. The fraction of sp³-hybridized carbons (Fsp3) is 0.455.